The van der Waals surface area contributed by atoms with Crippen LogP contribution in [0.3, 0.4) is 0 Å². The molecule has 0 saturated heterocycles. The highest BCUT2D eigenvalue weighted by atomic mass is 79.9. The molecule has 0 amide bonds. The third-order valence-electron chi connectivity index (χ3n) is 5.36. The van der Waals surface area contributed by atoms with Crippen LogP contribution in [0.2, 0.25) is 10.6 Å². The lowest BCUT2D eigenvalue weighted by Gasteiger charge is -2.03. The van der Waals surface area contributed by atoms with Crippen molar-refractivity contribution in [3.8, 4) is 11.1 Å². The van der Waals surface area contributed by atoms with Crippen molar-refractivity contribution in [3.63, 3.8) is 0 Å². The van der Waals surface area contributed by atoms with Crippen molar-refractivity contribution >= 4 is 73.3 Å². The van der Waals surface area contributed by atoms with E-state index in [9.17, 15) is 0 Å². The SMILES string of the molecule is Clc1ncc(-c2ccc3ccccc3c2)cn1.Clc1ncc(Br)cn1.OB(O)c1ccc2ccccc2c1. The van der Waals surface area contributed by atoms with E-state index in [1.807, 2.05) is 42.5 Å². The van der Waals surface area contributed by atoms with Crippen molar-refractivity contribution in [2.45, 2.75) is 0 Å². The van der Waals surface area contributed by atoms with Crippen LogP contribution < -0.4 is 5.46 Å². The van der Waals surface area contributed by atoms with Gasteiger partial charge in [0.15, 0.2) is 0 Å². The molecule has 38 heavy (non-hydrogen) atoms. The van der Waals surface area contributed by atoms with E-state index < -0.39 is 7.12 Å². The van der Waals surface area contributed by atoms with E-state index in [-0.39, 0.29) is 10.6 Å². The van der Waals surface area contributed by atoms with Crippen molar-refractivity contribution < 1.29 is 10.0 Å². The second-order valence-electron chi connectivity index (χ2n) is 7.95. The maximum absolute atomic E-state index is 8.94. The first-order valence-corrected chi connectivity index (χ1v) is 12.9. The average Bonchev–Trinajstić information content (AvgIpc) is 2.95. The van der Waals surface area contributed by atoms with Crippen LogP contribution in [0.25, 0.3) is 32.7 Å². The fourth-order valence-electron chi connectivity index (χ4n) is 3.50. The first-order chi connectivity index (χ1) is 18.4. The Bertz CT molecular complexity index is 1620. The Morgan fingerprint density at radius 3 is 1.55 bits per heavy atom. The van der Waals surface area contributed by atoms with E-state index in [1.54, 1.807) is 36.9 Å². The Labute approximate surface area is 238 Å². The molecule has 0 unspecified atom stereocenters. The zero-order valence-corrected chi connectivity index (χ0v) is 22.9. The van der Waals surface area contributed by atoms with E-state index in [0.717, 1.165) is 26.4 Å². The predicted octanol–water partition coefficient (Wildman–Crippen LogP) is 6.36. The number of aromatic nitrogens is 4. The largest absolute Gasteiger partial charge is 0.488 e. The summed E-state index contributed by atoms with van der Waals surface area (Å²) < 4.78 is 0.835. The molecule has 0 bridgehead atoms. The van der Waals surface area contributed by atoms with Gasteiger partial charge >= 0.3 is 7.12 Å². The highest BCUT2D eigenvalue weighted by Crippen LogP contribution is 2.23. The Morgan fingerprint density at radius 2 is 1.03 bits per heavy atom. The van der Waals surface area contributed by atoms with Gasteiger partial charge < -0.3 is 10.0 Å². The highest BCUT2D eigenvalue weighted by Gasteiger charge is 2.10. The van der Waals surface area contributed by atoms with Gasteiger partial charge in [-0.25, -0.2) is 19.9 Å². The number of rotatable bonds is 2. The lowest BCUT2D eigenvalue weighted by Crippen LogP contribution is -2.29. The topological polar surface area (TPSA) is 92.0 Å². The minimum Gasteiger partial charge on any atom is -0.423 e. The summed E-state index contributed by atoms with van der Waals surface area (Å²) in [6.45, 7) is 0. The molecule has 10 heteroatoms. The number of halogens is 3. The molecule has 6 aromatic rings. The summed E-state index contributed by atoms with van der Waals surface area (Å²) in [6.07, 6.45) is 6.66. The van der Waals surface area contributed by atoms with Gasteiger partial charge in [0.25, 0.3) is 0 Å². The van der Waals surface area contributed by atoms with E-state index in [1.165, 1.54) is 10.8 Å². The summed E-state index contributed by atoms with van der Waals surface area (Å²) in [5, 5.41) is 23.0. The Morgan fingerprint density at radius 1 is 0.553 bits per heavy atom. The number of benzene rings is 4. The van der Waals surface area contributed by atoms with Gasteiger partial charge in [0, 0.05) is 30.4 Å². The quantitative estimate of drug-likeness (QED) is 0.176. The molecule has 188 valence electrons. The molecule has 0 aliphatic carbocycles. The molecule has 0 spiro atoms. The van der Waals surface area contributed by atoms with Crippen LogP contribution in [0.15, 0.2) is 114 Å². The molecular formula is C28H20BBrCl2N4O2. The summed E-state index contributed by atoms with van der Waals surface area (Å²) in [7, 11) is -1.38. The molecule has 0 saturated carbocycles. The van der Waals surface area contributed by atoms with Gasteiger partial charge in [-0.15, -0.1) is 0 Å². The van der Waals surface area contributed by atoms with E-state index in [2.05, 4.69) is 66.2 Å². The van der Waals surface area contributed by atoms with Crippen LogP contribution >= 0.6 is 39.1 Å². The highest BCUT2D eigenvalue weighted by molar-refractivity contribution is 9.10. The number of hydrogen-bond acceptors (Lipinski definition) is 6. The maximum atomic E-state index is 8.94. The molecule has 0 radical (unpaired) electrons. The average molecular weight is 606 g/mol. The van der Waals surface area contributed by atoms with Gasteiger partial charge in [-0.1, -0.05) is 78.9 Å². The zero-order valence-electron chi connectivity index (χ0n) is 19.8. The second-order valence-corrected chi connectivity index (χ2v) is 9.55. The molecule has 0 aliphatic rings. The molecule has 6 nitrogen and oxygen atoms in total. The molecule has 0 aliphatic heterocycles. The third-order valence-corrected chi connectivity index (χ3v) is 6.16. The number of nitrogens with zero attached hydrogens (tertiary/aromatic N) is 4. The van der Waals surface area contributed by atoms with Crippen LogP contribution in [0.1, 0.15) is 0 Å². The molecule has 2 N–H and O–H groups in total. The van der Waals surface area contributed by atoms with Gasteiger partial charge in [-0.3, -0.25) is 0 Å². The molecule has 2 heterocycles. The molecular weight excluding hydrogens is 586 g/mol. The van der Waals surface area contributed by atoms with E-state index >= 15 is 0 Å². The van der Waals surface area contributed by atoms with E-state index in [0.29, 0.717) is 5.46 Å². The van der Waals surface area contributed by atoms with Gasteiger partial charge in [0.05, 0.1) is 4.47 Å². The van der Waals surface area contributed by atoms with Crippen LogP contribution in [-0.4, -0.2) is 37.1 Å². The fraction of sp³-hybridized carbons (Fsp3) is 0. The third kappa shape index (κ3) is 7.80. The lowest BCUT2D eigenvalue weighted by molar-refractivity contribution is 0.426. The molecule has 4 aromatic carbocycles. The molecule has 0 atom stereocenters. The smallest absolute Gasteiger partial charge is 0.423 e. The van der Waals surface area contributed by atoms with Crippen LogP contribution in [-0.2, 0) is 0 Å². The monoisotopic (exact) mass is 604 g/mol. The van der Waals surface area contributed by atoms with Gasteiger partial charge in [-0.05, 0) is 77.8 Å². The zero-order chi connectivity index (χ0) is 26.9. The van der Waals surface area contributed by atoms with Gasteiger partial charge in [0.2, 0.25) is 10.6 Å². The summed E-state index contributed by atoms with van der Waals surface area (Å²) in [5.41, 5.74) is 2.60. The molecule has 0 fully saturated rings. The normalized spacial score (nSPS) is 10.2. The van der Waals surface area contributed by atoms with Crippen molar-refractivity contribution in [3.05, 3.63) is 125 Å². The Kier molecular flexibility index (Phi) is 9.76. The van der Waals surface area contributed by atoms with Crippen LogP contribution in [0.5, 0.6) is 0 Å². The summed E-state index contributed by atoms with van der Waals surface area (Å²) >= 11 is 14.2. The van der Waals surface area contributed by atoms with Crippen molar-refractivity contribution in [2.75, 3.05) is 0 Å². The van der Waals surface area contributed by atoms with Crippen molar-refractivity contribution in [1.82, 2.24) is 19.9 Å². The second kappa shape index (κ2) is 13.4. The van der Waals surface area contributed by atoms with Gasteiger partial charge in [-0.2, -0.15) is 0 Å². The van der Waals surface area contributed by atoms with Crippen LogP contribution in [0.4, 0.5) is 0 Å². The van der Waals surface area contributed by atoms with Crippen molar-refractivity contribution in [2.24, 2.45) is 0 Å². The number of hydrogen-bond donors (Lipinski definition) is 2. The standard InChI is InChI=1S/C14H9ClN2.C10H9BO2.C4H2BrClN2/c15-14-16-8-13(9-17-14)12-6-5-10-3-1-2-4-11(10)7-12;12-11(13)10-6-5-8-3-1-2-4-9(8)7-10;5-3-1-7-4(6)8-2-3/h1-9H;1-7,12-13H;1-2H. The predicted molar refractivity (Wildman–Crippen MR) is 158 cm³/mol. The summed E-state index contributed by atoms with van der Waals surface area (Å²) in [6, 6.07) is 27.7. The lowest BCUT2D eigenvalue weighted by atomic mass is 9.79. The summed E-state index contributed by atoms with van der Waals surface area (Å²) in [4.78, 5) is 15.4. The Balaban J connectivity index is 0.000000142. The van der Waals surface area contributed by atoms with Gasteiger partial charge in [0.1, 0.15) is 0 Å². The van der Waals surface area contributed by atoms with E-state index in [4.69, 9.17) is 33.2 Å². The Hall–Kier alpha value is -3.40. The first-order valence-electron chi connectivity index (χ1n) is 11.3. The fourth-order valence-corrected chi connectivity index (χ4v) is 3.90. The molecule has 2 aromatic heterocycles. The van der Waals surface area contributed by atoms with Crippen LogP contribution in [0, 0.1) is 0 Å². The van der Waals surface area contributed by atoms with Crippen molar-refractivity contribution in [1.29, 1.82) is 0 Å². The number of fused-ring (bicyclic) bond motifs is 2. The summed E-state index contributed by atoms with van der Waals surface area (Å²) in [5.74, 6) is 0. The first kappa shape index (κ1) is 27.6. The maximum Gasteiger partial charge on any atom is 0.488 e. The minimum absolute atomic E-state index is 0.271. The minimum atomic E-state index is -1.38. The molecule has 6 rings (SSSR count).